The zero-order valence-electron chi connectivity index (χ0n) is 14.4. The van der Waals surface area contributed by atoms with E-state index in [-0.39, 0.29) is 5.96 Å². The molecule has 0 unspecified atom stereocenters. The Kier molecular flexibility index (Phi) is 7.02. The number of hydrogen-bond donors (Lipinski definition) is 3. The fourth-order valence-electron chi connectivity index (χ4n) is 2.28. The number of carbonyl (C=O) groups excluding carboxylic acids is 1. The predicted octanol–water partition coefficient (Wildman–Crippen LogP) is 3.79. The van der Waals surface area contributed by atoms with Crippen LogP contribution in [0, 0.1) is 0 Å². The van der Waals surface area contributed by atoms with Gasteiger partial charge in [0.15, 0.2) is 5.96 Å². The van der Waals surface area contributed by atoms with E-state index in [1.54, 1.807) is 24.3 Å². The van der Waals surface area contributed by atoms with E-state index in [1.165, 1.54) is 11.3 Å². The summed E-state index contributed by atoms with van der Waals surface area (Å²) in [6.07, 6.45) is 0.715. The Morgan fingerprint density at radius 2 is 1.75 bits per heavy atom. The molecule has 3 rings (SSSR count). The minimum Gasteiger partial charge on any atom is -0.370 e. The number of rotatable bonds is 2. The van der Waals surface area contributed by atoms with Crippen LogP contribution in [0.15, 0.2) is 47.5 Å². The molecule has 1 amide bonds. The molecule has 0 atom stereocenters. The fourth-order valence-corrected chi connectivity index (χ4v) is 3.64. The number of nitrogens with two attached hydrogens (primary N) is 2. The summed E-state index contributed by atoms with van der Waals surface area (Å²) in [7, 11) is -3.67. The quantitative estimate of drug-likeness (QED) is 0.302. The first-order valence-electron chi connectivity index (χ1n) is 7.50. The van der Waals surface area contributed by atoms with E-state index in [9.17, 15) is 13.2 Å². The highest BCUT2D eigenvalue weighted by Crippen LogP contribution is 2.38. The van der Waals surface area contributed by atoms with Gasteiger partial charge in [0.1, 0.15) is 0 Å². The van der Waals surface area contributed by atoms with E-state index < -0.39 is 16.0 Å². The third kappa shape index (κ3) is 6.18. The van der Waals surface area contributed by atoms with Gasteiger partial charge in [0.25, 0.3) is 16.0 Å². The van der Waals surface area contributed by atoms with Crippen molar-refractivity contribution in [1.82, 2.24) is 0 Å². The normalized spacial score (nSPS) is 10.9. The molecule has 1 aromatic heterocycles. The van der Waals surface area contributed by atoms with E-state index in [2.05, 4.69) is 4.99 Å². The number of fused-ring (bicyclic) bond motifs is 1. The van der Waals surface area contributed by atoms with E-state index in [0.717, 1.165) is 21.2 Å². The molecule has 0 bridgehead atoms. The second-order valence-electron chi connectivity index (χ2n) is 5.53. The van der Waals surface area contributed by atoms with Crippen molar-refractivity contribution >= 4 is 66.6 Å². The zero-order chi connectivity index (χ0) is 21.1. The molecule has 2 aromatic carbocycles. The minimum atomic E-state index is -3.67. The van der Waals surface area contributed by atoms with E-state index in [0.29, 0.717) is 21.2 Å². The summed E-state index contributed by atoms with van der Waals surface area (Å²) in [4.78, 5) is 16.0. The largest absolute Gasteiger partial charge is 0.370 e. The van der Waals surface area contributed by atoms with Crippen LogP contribution in [0.5, 0.6) is 0 Å². The third-order valence-corrected chi connectivity index (χ3v) is 4.87. The molecule has 0 saturated carbocycles. The number of nitrogens with zero attached hydrogens (tertiary/aromatic N) is 1. The van der Waals surface area contributed by atoms with Gasteiger partial charge in [-0.05, 0) is 35.9 Å². The topological polar surface area (TPSA) is 136 Å². The number of aliphatic imine (C=N–C) groups is 1. The van der Waals surface area contributed by atoms with Gasteiger partial charge in [-0.15, -0.1) is 11.3 Å². The van der Waals surface area contributed by atoms with E-state index >= 15 is 0 Å². The van der Waals surface area contributed by atoms with Gasteiger partial charge < -0.3 is 11.5 Å². The Balaban J connectivity index is 0.000000500. The number of guanidine groups is 1. The van der Waals surface area contributed by atoms with Gasteiger partial charge in [-0.25, -0.2) is 0 Å². The molecular formula is C17H15Cl2N3O4S2. The Morgan fingerprint density at radius 1 is 1.11 bits per heavy atom. The second-order valence-corrected chi connectivity index (χ2v) is 8.92. The van der Waals surface area contributed by atoms with E-state index in [4.69, 9.17) is 39.2 Å². The average Bonchev–Trinajstić information content (AvgIpc) is 2.99. The molecule has 11 heteroatoms. The molecule has 0 fully saturated rings. The first kappa shape index (κ1) is 22.1. The molecule has 5 N–H and O–H groups in total. The Bertz CT molecular complexity index is 1160. The molecule has 0 aliphatic carbocycles. The van der Waals surface area contributed by atoms with Crippen molar-refractivity contribution in [2.24, 2.45) is 16.5 Å². The smallest absolute Gasteiger partial charge is 0.290 e. The van der Waals surface area contributed by atoms with Crippen LogP contribution in [0.2, 0.25) is 10.0 Å². The van der Waals surface area contributed by atoms with E-state index in [1.807, 2.05) is 18.2 Å². The van der Waals surface area contributed by atoms with Gasteiger partial charge in [0, 0.05) is 25.7 Å². The first-order valence-corrected chi connectivity index (χ1v) is 10.9. The van der Waals surface area contributed by atoms with Crippen molar-refractivity contribution in [2.45, 2.75) is 0 Å². The Labute approximate surface area is 175 Å². The van der Waals surface area contributed by atoms with Crippen LogP contribution in [-0.2, 0) is 10.1 Å². The fraction of sp³-hybridized carbons (Fsp3) is 0.0588. The summed E-state index contributed by atoms with van der Waals surface area (Å²) < 4.78 is 26.8. The predicted molar refractivity (Wildman–Crippen MR) is 115 cm³/mol. The molecule has 0 radical (unpaired) electrons. The highest BCUT2D eigenvalue weighted by molar-refractivity contribution is 7.85. The summed E-state index contributed by atoms with van der Waals surface area (Å²) in [5.74, 6) is -0.722. The van der Waals surface area contributed by atoms with Crippen LogP contribution in [0.25, 0.3) is 21.2 Å². The maximum atomic E-state index is 12.0. The highest BCUT2D eigenvalue weighted by atomic mass is 35.5. The summed E-state index contributed by atoms with van der Waals surface area (Å²) in [5, 5.41) is 2.08. The van der Waals surface area contributed by atoms with Gasteiger partial charge in [-0.2, -0.15) is 13.4 Å². The zero-order valence-corrected chi connectivity index (χ0v) is 17.5. The monoisotopic (exact) mass is 459 g/mol. The number of amides is 1. The number of carbonyl (C=O) groups is 1. The van der Waals surface area contributed by atoms with Crippen molar-refractivity contribution in [3.05, 3.63) is 57.4 Å². The van der Waals surface area contributed by atoms with Crippen LogP contribution in [-0.4, -0.2) is 31.1 Å². The van der Waals surface area contributed by atoms with Crippen molar-refractivity contribution in [1.29, 1.82) is 0 Å². The number of benzene rings is 2. The second kappa shape index (κ2) is 8.89. The van der Waals surface area contributed by atoms with Crippen LogP contribution in [0.4, 0.5) is 0 Å². The lowest BCUT2D eigenvalue weighted by Gasteiger charge is -2.06. The van der Waals surface area contributed by atoms with Crippen molar-refractivity contribution < 1.29 is 17.8 Å². The third-order valence-electron chi connectivity index (χ3n) is 3.22. The number of halogens is 2. The Morgan fingerprint density at radius 3 is 2.36 bits per heavy atom. The molecule has 0 aliphatic heterocycles. The molecule has 1 heterocycles. The number of thiophene rings is 1. The molecule has 0 spiro atoms. The molecule has 28 heavy (non-hydrogen) atoms. The van der Waals surface area contributed by atoms with Crippen molar-refractivity contribution in [3.63, 3.8) is 0 Å². The summed E-state index contributed by atoms with van der Waals surface area (Å²) >= 11 is 13.7. The van der Waals surface area contributed by atoms with Crippen molar-refractivity contribution in [3.8, 4) is 11.1 Å². The lowest BCUT2D eigenvalue weighted by atomic mass is 10.0. The van der Waals surface area contributed by atoms with Gasteiger partial charge in [-0.1, -0.05) is 35.3 Å². The van der Waals surface area contributed by atoms with Crippen LogP contribution in [0.3, 0.4) is 0 Å². The Hall–Kier alpha value is -2.17. The van der Waals surface area contributed by atoms with Gasteiger partial charge in [-0.3, -0.25) is 9.35 Å². The maximum Gasteiger partial charge on any atom is 0.290 e. The lowest BCUT2D eigenvalue weighted by molar-refractivity contribution is 0.101. The number of hydrogen-bond acceptors (Lipinski definition) is 4. The molecular weight excluding hydrogens is 445 g/mol. The van der Waals surface area contributed by atoms with Crippen molar-refractivity contribution in [2.75, 3.05) is 6.26 Å². The summed E-state index contributed by atoms with van der Waals surface area (Å²) in [5.41, 5.74) is 12.2. The molecule has 148 valence electrons. The SMILES string of the molecule is CS(=O)(=O)O.NC(N)=NC(=O)c1cc2c(-c3cc(Cl)ccc3Cl)cccc2s1. The first-order chi connectivity index (χ1) is 13.0. The standard InChI is InChI=1S/C16H11Cl2N3OS.CH4O3S/c17-8-4-5-12(18)10(6-8)9-2-1-3-13-11(9)7-14(23-13)15(22)21-16(19)20;1-5(2,3)4/h1-7H,(H4,19,20,21,22);1H3,(H,2,3,4). The minimum absolute atomic E-state index is 0.259. The lowest BCUT2D eigenvalue weighted by Crippen LogP contribution is -2.24. The maximum absolute atomic E-state index is 12.0. The highest BCUT2D eigenvalue weighted by Gasteiger charge is 2.14. The molecule has 3 aromatic rings. The summed E-state index contributed by atoms with van der Waals surface area (Å²) in [6.45, 7) is 0. The average molecular weight is 460 g/mol. The van der Waals surface area contributed by atoms with Crippen LogP contribution >= 0.6 is 34.5 Å². The van der Waals surface area contributed by atoms with Gasteiger partial charge in [0.2, 0.25) is 0 Å². The summed E-state index contributed by atoms with van der Waals surface area (Å²) in [6, 6.07) is 12.8. The molecule has 7 nitrogen and oxygen atoms in total. The van der Waals surface area contributed by atoms with Gasteiger partial charge >= 0.3 is 0 Å². The molecule has 0 aliphatic rings. The van der Waals surface area contributed by atoms with Gasteiger partial charge in [0.05, 0.1) is 11.1 Å². The van der Waals surface area contributed by atoms with Crippen LogP contribution in [0.1, 0.15) is 9.67 Å². The van der Waals surface area contributed by atoms with Crippen LogP contribution < -0.4 is 11.5 Å². The molecule has 0 saturated heterocycles.